The molecule has 2 rings (SSSR count). The van der Waals surface area contributed by atoms with Crippen molar-refractivity contribution >= 4 is 0 Å². The van der Waals surface area contributed by atoms with Gasteiger partial charge in [0.1, 0.15) is 0 Å². The van der Waals surface area contributed by atoms with Gasteiger partial charge in [-0.25, -0.2) is 0 Å². The monoisotopic (exact) mass is 243 g/mol. The first-order chi connectivity index (χ1) is 8.74. The molecule has 0 saturated heterocycles. The van der Waals surface area contributed by atoms with Crippen molar-refractivity contribution in [1.29, 1.82) is 0 Å². The van der Waals surface area contributed by atoms with Crippen LogP contribution in [0.3, 0.4) is 0 Å². The summed E-state index contributed by atoms with van der Waals surface area (Å²) in [5.74, 6) is 0.739. The lowest BCUT2D eigenvalue weighted by Gasteiger charge is -2.19. The molecule has 1 unspecified atom stereocenters. The van der Waals surface area contributed by atoms with E-state index in [4.69, 9.17) is 0 Å². The maximum Gasteiger partial charge on any atom is 0.0208 e. The van der Waals surface area contributed by atoms with Crippen LogP contribution in [0.5, 0.6) is 0 Å². The van der Waals surface area contributed by atoms with Crippen LogP contribution in [-0.4, -0.2) is 6.04 Å². The van der Waals surface area contributed by atoms with Crippen LogP contribution < -0.4 is 5.32 Å². The molecule has 0 radical (unpaired) electrons. The van der Waals surface area contributed by atoms with Gasteiger partial charge in [-0.15, -0.1) is 0 Å². The second-order valence-electron chi connectivity index (χ2n) is 5.78. The zero-order chi connectivity index (χ0) is 12.8. The molecule has 0 heterocycles. The Hall–Kier alpha value is -1.08. The Bertz CT molecular complexity index is 375. The van der Waals surface area contributed by atoms with Crippen LogP contribution in [0, 0.1) is 5.92 Å². The van der Waals surface area contributed by atoms with E-state index in [1.807, 2.05) is 0 Å². The number of nitrogens with one attached hydrogen (secondary N) is 1. The maximum absolute atomic E-state index is 3.65. The maximum atomic E-state index is 3.65. The van der Waals surface area contributed by atoms with Gasteiger partial charge in [0.05, 0.1) is 0 Å². The lowest BCUT2D eigenvalue weighted by molar-refractivity contribution is 0.474. The molecular weight excluding hydrogens is 218 g/mol. The fraction of sp³-hybridized carbons (Fsp3) is 0.529. The molecule has 1 aliphatic rings. The van der Waals surface area contributed by atoms with Gasteiger partial charge in [0, 0.05) is 12.6 Å². The molecule has 0 bridgehead atoms. The number of hydrogen-bond acceptors (Lipinski definition) is 1. The highest BCUT2D eigenvalue weighted by Gasteiger charge is 2.08. The summed E-state index contributed by atoms with van der Waals surface area (Å²) in [6, 6.07) is 9.76. The van der Waals surface area contributed by atoms with E-state index < -0.39 is 0 Å². The number of hydrogen-bond donors (Lipinski definition) is 1. The molecular formula is C17H25N. The third kappa shape index (κ3) is 4.30. The Labute approximate surface area is 111 Å². The fourth-order valence-electron chi connectivity index (χ4n) is 2.51. The van der Waals surface area contributed by atoms with E-state index in [1.165, 1.54) is 36.8 Å². The van der Waals surface area contributed by atoms with Crippen molar-refractivity contribution in [1.82, 2.24) is 5.32 Å². The zero-order valence-electron chi connectivity index (χ0n) is 11.7. The van der Waals surface area contributed by atoms with Gasteiger partial charge in [0.25, 0.3) is 0 Å². The minimum atomic E-state index is 0.672. The minimum absolute atomic E-state index is 0.672. The van der Waals surface area contributed by atoms with Crippen molar-refractivity contribution in [2.45, 2.75) is 52.1 Å². The van der Waals surface area contributed by atoms with Crippen LogP contribution in [0.4, 0.5) is 0 Å². The van der Waals surface area contributed by atoms with Gasteiger partial charge in [-0.1, -0.05) is 50.3 Å². The first kappa shape index (κ1) is 13.4. The summed E-state index contributed by atoms with van der Waals surface area (Å²) >= 11 is 0. The molecule has 1 heteroatoms. The highest BCUT2D eigenvalue weighted by atomic mass is 14.9. The van der Waals surface area contributed by atoms with Crippen molar-refractivity contribution in [3.8, 4) is 0 Å². The van der Waals surface area contributed by atoms with Crippen molar-refractivity contribution in [2.24, 2.45) is 5.92 Å². The molecule has 0 amide bonds. The second-order valence-corrected chi connectivity index (χ2v) is 5.78. The Morgan fingerprint density at radius 2 is 1.83 bits per heavy atom. The van der Waals surface area contributed by atoms with Gasteiger partial charge < -0.3 is 5.32 Å². The summed E-state index contributed by atoms with van der Waals surface area (Å²) in [4.78, 5) is 0. The predicted molar refractivity (Wildman–Crippen MR) is 78.6 cm³/mol. The second kappa shape index (κ2) is 6.75. The average Bonchev–Trinajstić information content (AvgIpc) is 2.38. The van der Waals surface area contributed by atoms with Gasteiger partial charge in [0.15, 0.2) is 0 Å². The fourth-order valence-corrected chi connectivity index (χ4v) is 2.51. The molecule has 0 saturated carbocycles. The summed E-state index contributed by atoms with van der Waals surface area (Å²) in [6.45, 7) is 5.54. The van der Waals surface area contributed by atoms with Crippen molar-refractivity contribution < 1.29 is 0 Å². The number of benzene rings is 1. The van der Waals surface area contributed by atoms with Crippen LogP contribution >= 0.6 is 0 Å². The van der Waals surface area contributed by atoms with E-state index in [9.17, 15) is 0 Å². The zero-order valence-corrected chi connectivity index (χ0v) is 11.7. The summed E-state index contributed by atoms with van der Waals surface area (Å²) < 4.78 is 0. The normalized spacial score (nSPS) is 19.4. The molecule has 1 N–H and O–H groups in total. The van der Waals surface area contributed by atoms with E-state index in [0.717, 1.165) is 12.5 Å². The van der Waals surface area contributed by atoms with Gasteiger partial charge >= 0.3 is 0 Å². The Kier molecular flexibility index (Phi) is 5.00. The van der Waals surface area contributed by atoms with Crippen LogP contribution in [-0.2, 0) is 13.0 Å². The molecule has 1 aromatic rings. The lowest BCUT2D eigenvalue weighted by Crippen LogP contribution is -2.29. The largest absolute Gasteiger partial charge is 0.310 e. The lowest BCUT2D eigenvalue weighted by atomic mass is 10.0. The summed E-state index contributed by atoms with van der Waals surface area (Å²) in [7, 11) is 0. The van der Waals surface area contributed by atoms with Crippen LogP contribution in [0.1, 0.15) is 44.2 Å². The molecule has 98 valence electrons. The standard InChI is InChI=1S/C17H25N/c1-14(2)12-15-8-10-16(11-9-15)13-18-17-6-4-3-5-7-17/h3-4,8-11,14,17-18H,5-7,12-13H2,1-2H3. The number of rotatable bonds is 5. The Morgan fingerprint density at radius 3 is 2.44 bits per heavy atom. The Morgan fingerprint density at radius 1 is 1.11 bits per heavy atom. The molecule has 1 atom stereocenters. The highest BCUT2D eigenvalue weighted by molar-refractivity contribution is 5.22. The molecule has 1 aromatic carbocycles. The van der Waals surface area contributed by atoms with Crippen molar-refractivity contribution in [3.63, 3.8) is 0 Å². The molecule has 0 spiro atoms. The quantitative estimate of drug-likeness (QED) is 0.768. The van der Waals surface area contributed by atoms with Gasteiger partial charge in [-0.3, -0.25) is 0 Å². The van der Waals surface area contributed by atoms with E-state index >= 15 is 0 Å². The predicted octanol–water partition coefficient (Wildman–Crippen LogP) is 4.08. The van der Waals surface area contributed by atoms with E-state index in [1.54, 1.807) is 0 Å². The average molecular weight is 243 g/mol. The molecule has 0 aliphatic heterocycles. The topological polar surface area (TPSA) is 12.0 Å². The van der Waals surface area contributed by atoms with Crippen LogP contribution in [0.2, 0.25) is 0 Å². The third-order valence-electron chi connectivity index (χ3n) is 3.53. The smallest absolute Gasteiger partial charge is 0.0208 e. The van der Waals surface area contributed by atoms with Gasteiger partial charge in [-0.2, -0.15) is 0 Å². The third-order valence-corrected chi connectivity index (χ3v) is 3.53. The molecule has 1 aliphatic carbocycles. The SMILES string of the molecule is CC(C)Cc1ccc(CNC2CC=CCC2)cc1. The van der Waals surface area contributed by atoms with Gasteiger partial charge in [0.2, 0.25) is 0 Å². The summed E-state index contributed by atoms with van der Waals surface area (Å²) in [5, 5.41) is 3.65. The van der Waals surface area contributed by atoms with E-state index in [0.29, 0.717) is 6.04 Å². The highest BCUT2D eigenvalue weighted by Crippen LogP contribution is 2.13. The van der Waals surface area contributed by atoms with Crippen LogP contribution in [0.25, 0.3) is 0 Å². The molecule has 0 aromatic heterocycles. The van der Waals surface area contributed by atoms with Crippen LogP contribution in [0.15, 0.2) is 36.4 Å². The summed E-state index contributed by atoms with van der Waals surface area (Å²) in [5.41, 5.74) is 2.85. The van der Waals surface area contributed by atoms with E-state index in [2.05, 4.69) is 55.6 Å². The Balaban J connectivity index is 1.80. The molecule has 0 fully saturated rings. The minimum Gasteiger partial charge on any atom is -0.310 e. The first-order valence-electron chi connectivity index (χ1n) is 7.20. The van der Waals surface area contributed by atoms with Crippen molar-refractivity contribution in [2.75, 3.05) is 0 Å². The van der Waals surface area contributed by atoms with Crippen molar-refractivity contribution in [3.05, 3.63) is 47.5 Å². The molecule has 18 heavy (non-hydrogen) atoms. The summed E-state index contributed by atoms with van der Waals surface area (Å²) in [6.07, 6.45) is 9.46. The first-order valence-corrected chi connectivity index (χ1v) is 7.20. The molecule has 1 nitrogen and oxygen atoms in total. The van der Waals surface area contributed by atoms with Gasteiger partial charge in [-0.05, 0) is 42.7 Å². The van der Waals surface area contributed by atoms with E-state index in [-0.39, 0.29) is 0 Å². The number of allylic oxidation sites excluding steroid dienone is 1.